The average molecular weight is 581 g/mol. The summed E-state index contributed by atoms with van der Waals surface area (Å²) in [5.41, 5.74) is 29.9. The van der Waals surface area contributed by atoms with Crippen LogP contribution in [0.1, 0.15) is 38.5 Å². The third-order valence-corrected chi connectivity index (χ3v) is 8.23. The van der Waals surface area contributed by atoms with Crippen LogP contribution in [0.3, 0.4) is 0 Å². The second-order valence-electron chi connectivity index (χ2n) is 11.3. The minimum atomic E-state index is -1.43. The van der Waals surface area contributed by atoms with Crippen LogP contribution in [-0.4, -0.2) is 138 Å². The first-order valence-electron chi connectivity index (χ1n) is 14.4. The Hall–Kier alpha value is -0.600. The summed E-state index contributed by atoms with van der Waals surface area (Å²) in [6.45, 7) is 1.51. The molecule has 1 saturated carbocycles. The van der Waals surface area contributed by atoms with Gasteiger partial charge in [0.1, 0.15) is 30.5 Å². The van der Waals surface area contributed by atoms with E-state index in [-0.39, 0.29) is 18.6 Å². The number of aliphatic hydroxyl groups is 5. The lowest BCUT2D eigenvalue weighted by atomic mass is 9.77. The third kappa shape index (κ3) is 8.72. The van der Waals surface area contributed by atoms with Gasteiger partial charge in [-0.2, -0.15) is 0 Å². The quantitative estimate of drug-likeness (QED) is 0.0859. The van der Waals surface area contributed by atoms with E-state index in [1.165, 1.54) is 0 Å². The molecule has 14 atom stereocenters. The predicted molar refractivity (Wildman–Crippen MR) is 144 cm³/mol. The van der Waals surface area contributed by atoms with Crippen LogP contribution in [0.5, 0.6) is 0 Å². The van der Waals surface area contributed by atoms with Gasteiger partial charge in [-0.25, -0.2) is 0 Å². The maximum Gasteiger partial charge on any atom is 0.186 e. The smallest absolute Gasteiger partial charge is 0.186 e. The molecule has 0 aromatic heterocycles. The molecule has 15 nitrogen and oxygen atoms in total. The van der Waals surface area contributed by atoms with Gasteiger partial charge >= 0.3 is 0 Å². The molecule has 40 heavy (non-hydrogen) atoms. The Morgan fingerprint density at radius 1 is 0.900 bits per heavy atom. The highest BCUT2D eigenvalue weighted by molar-refractivity contribution is 4.99. The first-order chi connectivity index (χ1) is 19.1. The number of nitrogens with two attached hydrogens (primary N) is 5. The summed E-state index contributed by atoms with van der Waals surface area (Å²) in [4.78, 5) is 0. The lowest BCUT2D eigenvalue weighted by molar-refractivity contribution is -0.318. The zero-order valence-corrected chi connectivity index (χ0v) is 23.1. The molecule has 236 valence electrons. The van der Waals surface area contributed by atoms with Crippen LogP contribution in [0.4, 0.5) is 0 Å². The van der Waals surface area contributed by atoms with Crippen molar-refractivity contribution in [3.05, 3.63) is 0 Å². The molecule has 0 bridgehead atoms. The van der Waals surface area contributed by atoms with Gasteiger partial charge in [0.2, 0.25) is 0 Å². The van der Waals surface area contributed by atoms with Gasteiger partial charge in [0.05, 0.1) is 37.0 Å². The lowest BCUT2D eigenvalue weighted by Crippen LogP contribution is -2.66. The Kier molecular flexibility index (Phi) is 13.8. The van der Waals surface area contributed by atoms with Crippen molar-refractivity contribution < 1.29 is 44.5 Å². The minimum absolute atomic E-state index is 0.0765. The summed E-state index contributed by atoms with van der Waals surface area (Å²) < 4.78 is 24.1. The fraction of sp³-hybridized carbons (Fsp3) is 1.00. The van der Waals surface area contributed by atoms with Crippen LogP contribution in [0.2, 0.25) is 0 Å². The van der Waals surface area contributed by atoms with Crippen molar-refractivity contribution in [3.63, 3.8) is 0 Å². The standard InChI is InChI=1S/C25H52N6O9/c26-6-1-7-31-10-14-4-5-15(28)24(37-14)40-23-16(29)8-12(2-3-13(33)9-27)22(21(23)36)39-25-20(35)18(30)19(34)17(11-32)38-25/h12-25,31-36H,1-11,26-30H2/t12-,13?,14+,15-,16+,17-,18+,19-,20-,21-,22+,23?,24-,25-/m1/s1. The van der Waals surface area contributed by atoms with Gasteiger partial charge in [-0.1, -0.05) is 0 Å². The molecule has 2 heterocycles. The maximum absolute atomic E-state index is 11.5. The highest BCUT2D eigenvalue weighted by Crippen LogP contribution is 2.36. The third-order valence-electron chi connectivity index (χ3n) is 8.23. The van der Waals surface area contributed by atoms with E-state index in [1.807, 2.05) is 0 Å². The number of ether oxygens (including phenoxy) is 4. The van der Waals surface area contributed by atoms with Gasteiger partial charge < -0.3 is 78.5 Å². The van der Waals surface area contributed by atoms with Gasteiger partial charge in [-0.3, -0.25) is 0 Å². The number of hydrogen-bond acceptors (Lipinski definition) is 15. The molecule has 1 aliphatic carbocycles. The van der Waals surface area contributed by atoms with Gasteiger partial charge in [-0.15, -0.1) is 0 Å². The number of aliphatic hydroxyl groups excluding tert-OH is 5. The van der Waals surface area contributed by atoms with E-state index in [1.54, 1.807) is 0 Å². The Bertz CT molecular complexity index is 730. The van der Waals surface area contributed by atoms with Crippen LogP contribution in [0, 0.1) is 5.92 Å². The Morgan fingerprint density at radius 2 is 1.62 bits per heavy atom. The fourth-order valence-electron chi connectivity index (χ4n) is 5.70. The summed E-state index contributed by atoms with van der Waals surface area (Å²) in [5, 5.41) is 55.4. The molecule has 0 amide bonds. The maximum atomic E-state index is 11.5. The zero-order chi connectivity index (χ0) is 29.4. The summed E-state index contributed by atoms with van der Waals surface area (Å²) in [5.74, 6) is -0.363. The van der Waals surface area contributed by atoms with Crippen molar-refractivity contribution in [3.8, 4) is 0 Å². The van der Waals surface area contributed by atoms with Crippen molar-refractivity contribution >= 4 is 0 Å². The summed E-state index contributed by atoms with van der Waals surface area (Å²) >= 11 is 0. The van der Waals surface area contributed by atoms with Crippen LogP contribution in [0.15, 0.2) is 0 Å². The van der Waals surface area contributed by atoms with Crippen LogP contribution < -0.4 is 34.0 Å². The van der Waals surface area contributed by atoms with Crippen LogP contribution in [-0.2, 0) is 18.9 Å². The largest absolute Gasteiger partial charge is 0.394 e. The SMILES string of the molecule is NCCCNC[C@@H]1CC[C@@H](N)[C@@H](OC2[C@@H](N)C[C@@H](CCC(O)CN)[C@H](O[C@H]3O[C@H](CO)[C@@H](O)[C@H](N)[C@H]3O)[C@H]2O)O1. The Morgan fingerprint density at radius 3 is 2.30 bits per heavy atom. The monoisotopic (exact) mass is 580 g/mol. The zero-order valence-electron chi connectivity index (χ0n) is 23.1. The molecule has 15 heteroatoms. The molecule has 0 aromatic carbocycles. The van der Waals surface area contributed by atoms with Gasteiger partial charge in [0.15, 0.2) is 12.6 Å². The molecule has 3 aliphatic rings. The topological polar surface area (TPSA) is 280 Å². The number of hydrogen-bond donors (Lipinski definition) is 11. The molecular formula is C25H52N6O9. The van der Waals surface area contributed by atoms with Crippen molar-refractivity contribution in [2.24, 2.45) is 34.6 Å². The van der Waals surface area contributed by atoms with E-state index < -0.39 is 80.0 Å². The average Bonchev–Trinajstić information content (AvgIpc) is 2.94. The van der Waals surface area contributed by atoms with E-state index in [9.17, 15) is 25.5 Å². The molecule has 2 saturated heterocycles. The molecular weight excluding hydrogens is 528 g/mol. The first kappa shape index (κ1) is 33.9. The highest BCUT2D eigenvalue weighted by Gasteiger charge is 2.50. The lowest BCUT2D eigenvalue weighted by Gasteiger charge is -2.48. The highest BCUT2D eigenvalue weighted by atomic mass is 16.7. The van der Waals surface area contributed by atoms with Gasteiger partial charge in [0, 0.05) is 19.1 Å². The van der Waals surface area contributed by atoms with E-state index >= 15 is 0 Å². The number of rotatable bonds is 14. The molecule has 3 fully saturated rings. The predicted octanol–water partition coefficient (Wildman–Crippen LogP) is -4.90. The van der Waals surface area contributed by atoms with Gasteiger partial charge in [0.25, 0.3) is 0 Å². The second-order valence-corrected chi connectivity index (χ2v) is 11.3. The molecule has 16 N–H and O–H groups in total. The van der Waals surface area contributed by atoms with Gasteiger partial charge in [-0.05, 0) is 57.5 Å². The summed E-state index contributed by atoms with van der Waals surface area (Å²) in [6.07, 6.45) is -6.63. The molecule has 0 aromatic rings. The van der Waals surface area contributed by atoms with E-state index in [0.29, 0.717) is 38.8 Å². The minimum Gasteiger partial charge on any atom is -0.394 e. The van der Waals surface area contributed by atoms with Crippen LogP contribution in [0.25, 0.3) is 0 Å². The van der Waals surface area contributed by atoms with E-state index in [0.717, 1.165) is 19.4 Å². The molecule has 2 unspecified atom stereocenters. The summed E-state index contributed by atoms with van der Waals surface area (Å²) in [7, 11) is 0. The van der Waals surface area contributed by atoms with Crippen molar-refractivity contribution in [1.82, 2.24) is 5.32 Å². The normalized spacial score (nSPS) is 43.5. The number of nitrogens with one attached hydrogen (secondary N) is 1. The second kappa shape index (κ2) is 16.3. The molecule has 0 spiro atoms. The Labute approximate surface area is 235 Å². The molecule has 0 radical (unpaired) electrons. The Balaban J connectivity index is 1.73. The van der Waals surface area contributed by atoms with Crippen molar-refractivity contribution in [2.45, 2.75) is 118 Å². The van der Waals surface area contributed by atoms with E-state index in [2.05, 4.69) is 5.32 Å². The molecule has 2 aliphatic heterocycles. The van der Waals surface area contributed by atoms with Crippen molar-refractivity contribution in [2.75, 3.05) is 32.8 Å². The first-order valence-corrected chi connectivity index (χ1v) is 14.4. The van der Waals surface area contributed by atoms with Crippen molar-refractivity contribution in [1.29, 1.82) is 0 Å². The molecule has 3 rings (SSSR count). The summed E-state index contributed by atoms with van der Waals surface area (Å²) in [6, 6.07) is -2.18. The fourth-order valence-corrected chi connectivity index (χ4v) is 5.70. The van der Waals surface area contributed by atoms with E-state index in [4.69, 9.17) is 47.6 Å². The van der Waals surface area contributed by atoms with Crippen LogP contribution >= 0.6 is 0 Å².